The van der Waals surface area contributed by atoms with Crippen LogP contribution in [0.5, 0.6) is 0 Å². The number of rotatable bonds is 5. The third kappa shape index (κ3) is 3.13. The zero-order valence-electron chi connectivity index (χ0n) is 15.8. The number of H-pyrrole nitrogens is 1. The molecule has 0 bridgehead atoms. The van der Waals surface area contributed by atoms with E-state index in [0.717, 1.165) is 22.5 Å². The molecule has 1 aliphatic rings. The number of hydrogen-bond donors (Lipinski definition) is 1. The molecule has 1 atom stereocenters. The Morgan fingerprint density at radius 3 is 2.73 bits per heavy atom. The number of nitrogens with zero attached hydrogens (tertiary/aromatic N) is 2. The van der Waals surface area contributed by atoms with Gasteiger partial charge in [-0.1, -0.05) is 36.4 Å². The molecule has 1 N–H and O–H groups in total. The van der Waals surface area contributed by atoms with Gasteiger partial charge in [0.15, 0.2) is 0 Å². The maximum Gasteiger partial charge on any atom is 0.296 e. The third-order valence-electron chi connectivity index (χ3n) is 5.31. The van der Waals surface area contributed by atoms with Gasteiger partial charge in [0.05, 0.1) is 17.8 Å². The molecule has 5 rings (SSSR count). The minimum absolute atomic E-state index is 0.131. The lowest BCUT2D eigenvalue weighted by atomic mass is 9.97. The van der Waals surface area contributed by atoms with Crippen molar-refractivity contribution in [2.24, 2.45) is 0 Å². The predicted octanol–water partition coefficient (Wildman–Crippen LogP) is 4.71. The van der Waals surface area contributed by atoms with Crippen LogP contribution in [-0.2, 0) is 17.9 Å². The average Bonchev–Trinajstić information content (AvgIpc) is 3.32. The minimum atomic E-state index is -0.659. The number of amides is 1. The predicted molar refractivity (Wildman–Crippen MR) is 106 cm³/mol. The first kappa shape index (κ1) is 18.4. The van der Waals surface area contributed by atoms with Gasteiger partial charge in [-0.15, -0.1) is 0 Å². The molecule has 5 nitrogen and oxygen atoms in total. The Balaban J connectivity index is 1.55. The van der Waals surface area contributed by atoms with E-state index >= 15 is 0 Å². The Morgan fingerprint density at radius 2 is 1.93 bits per heavy atom. The standard InChI is InChI=1S/C23H17F2N3O2/c24-16-7-6-15(18(25)11-16)10-20-21-17-8-9-26-19(17)12-27-22(21)23(29)28(20)30-13-14-4-2-1-3-5-14/h1-9,11-12,20,26H,10,13H2. The number of pyridine rings is 1. The molecule has 1 aliphatic heterocycles. The van der Waals surface area contributed by atoms with Crippen molar-refractivity contribution in [1.29, 1.82) is 0 Å². The highest BCUT2D eigenvalue weighted by molar-refractivity contribution is 6.02. The Hall–Kier alpha value is -3.58. The quantitative estimate of drug-likeness (QED) is 0.523. The Morgan fingerprint density at radius 1 is 1.10 bits per heavy atom. The van der Waals surface area contributed by atoms with Crippen LogP contribution in [0.3, 0.4) is 0 Å². The number of halogens is 2. The molecule has 0 aliphatic carbocycles. The van der Waals surface area contributed by atoms with Crippen LogP contribution in [0.1, 0.15) is 33.2 Å². The summed E-state index contributed by atoms with van der Waals surface area (Å²) in [6, 6.07) is 14.2. The topological polar surface area (TPSA) is 58.2 Å². The SMILES string of the molecule is O=C1c2ncc3[nH]ccc3c2C(Cc2ccc(F)cc2F)N1OCc1ccccc1. The Bertz CT molecular complexity index is 1240. The first-order valence-electron chi connectivity index (χ1n) is 9.52. The fraction of sp³-hybridized carbons (Fsp3) is 0.130. The molecule has 0 saturated heterocycles. The first-order chi connectivity index (χ1) is 14.6. The smallest absolute Gasteiger partial charge is 0.296 e. The average molecular weight is 405 g/mol. The highest BCUT2D eigenvalue weighted by Crippen LogP contribution is 2.40. The highest BCUT2D eigenvalue weighted by atomic mass is 19.1. The second kappa shape index (κ2) is 7.35. The summed E-state index contributed by atoms with van der Waals surface area (Å²) in [5.74, 6) is -1.68. The van der Waals surface area contributed by atoms with Gasteiger partial charge in [0, 0.05) is 29.6 Å². The summed E-state index contributed by atoms with van der Waals surface area (Å²) in [4.78, 5) is 26.4. The largest absolute Gasteiger partial charge is 0.360 e. The number of aromatic nitrogens is 2. The lowest BCUT2D eigenvalue weighted by Crippen LogP contribution is -2.29. The van der Waals surface area contributed by atoms with Crippen LogP contribution < -0.4 is 0 Å². The monoisotopic (exact) mass is 405 g/mol. The summed E-state index contributed by atoms with van der Waals surface area (Å²) in [6.45, 7) is 0.180. The Labute approximate surface area is 170 Å². The molecule has 0 fully saturated rings. The van der Waals surface area contributed by atoms with Crippen LogP contribution in [0.25, 0.3) is 10.9 Å². The number of nitrogens with one attached hydrogen (secondary N) is 1. The van der Waals surface area contributed by atoms with E-state index in [-0.39, 0.29) is 24.6 Å². The molecule has 0 spiro atoms. The molecular formula is C23H17F2N3O2. The van der Waals surface area contributed by atoms with Crippen molar-refractivity contribution in [3.05, 3.63) is 101 Å². The molecule has 0 radical (unpaired) electrons. The third-order valence-corrected chi connectivity index (χ3v) is 5.31. The van der Waals surface area contributed by atoms with E-state index < -0.39 is 17.7 Å². The van der Waals surface area contributed by atoms with Crippen molar-refractivity contribution >= 4 is 16.8 Å². The number of hydrogen-bond acceptors (Lipinski definition) is 3. The Kier molecular flexibility index (Phi) is 4.52. The fourth-order valence-electron chi connectivity index (χ4n) is 3.87. The molecule has 30 heavy (non-hydrogen) atoms. The number of fused-ring (bicyclic) bond motifs is 3. The fourth-order valence-corrected chi connectivity index (χ4v) is 3.87. The van der Waals surface area contributed by atoms with Crippen molar-refractivity contribution in [3.8, 4) is 0 Å². The van der Waals surface area contributed by atoms with E-state index in [9.17, 15) is 13.6 Å². The van der Waals surface area contributed by atoms with Gasteiger partial charge >= 0.3 is 0 Å². The number of aromatic amines is 1. The molecular weight excluding hydrogens is 388 g/mol. The van der Waals surface area contributed by atoms with Crippen LogP contribution in [-0.4, -0.2) is 20.9 Å². The van der Waals surface area contributed by atoms with E-state index in [1.165, 1.54) is 17.2 Å². The number of carbonyl (C=O) groups is 1. The molecule has 4 aromatic rings. The minimum Gasteiger partial charge on any atom is -0.360 e. The van der Waals surface area contributed by atoms with Gasteiger partial charge in [-0.3, -0.25) is 9.63 Å². The summed E-state index contributed by atoms with van der Waals surface area (Å²) >= 11 is 0. The summed E-state index contributed by atoms with van der Waals surface area (Å²) in [5, 5.41) is 2.09. The molecule has 3 heterocycles. The first-order valence-corrected chi connectivity index (χ1v) is 9.52. The van der Waals surface area contributed by atoms with Crippen molar-refractivity contribution in [1.82, 2.24) is 15.0 Å². The van der Waals surface area contributed by atoms with Gasteiger partial charge < -0.3 is 4.98 Å². The highest BCUT2D eigenvalue weighted by Gasteiger charge is 2.41. The normalized spacial score (nSPS) is 15.7. The molecule has 0 saturated carbocycles. The summed E-state index contributed by atoms with van der Waals surface area (Å²) in [5.41, 5.74) is 2.92. The zero-order chi connectivity index (χ0) is 20.7. The second-order valence-corrected chi connectivity index (χ2v) is 7.17. The lowest BCUT2D eigenvalue weighted by molar-refractivity contribution is -0.154. The molecule has 1 unspecified atom stereocenters. The van der Waals surface area contributed by atoms with Gasteiger partial charge in [0.25, 0.3) is 5.91 Å². The maximum absolute atomic E-state index is 14.4. The number of benzene rings is 2. The van der Waals surface area contributed by atoms with Crippen LogP contribution in [0.4, 0.5) is 8.78 Å². The van der Waals surface area contributed by atoms with Crippen molar-refractivity contribution in [3.63, 3.8) is 0 Å². The van der Waals surface area contributed by atoms with Gasteiger partial charge in [-0.05, 0) is 23.3 Å². The van der Waals surface area contributed by atoms with Gasteiger partial charge in [-0.2, -0.15) is 0 Å². The second-order valence-electron chi connectivity index (χ2n) is 7.17. The molecule has 2 aromatic heterocycles. The lowest BCUT2D eigenvalue weighted by Gasteiger charge is -2.25. The van der Waals surface area contributed by atoms with Crippen LogP contribution >= 0.6 is 0 Å². The molecule has 1 amide bonds. The van der Waals surface area contributed by atoms with E-state index in [0.29, 0.717) is 11.1 Å². The molecule has 7 heteroatoms. The van der Waals surface area contributed by atoms with Crippen molar-refractivity contribution in [2.45, 2.75) is 19.1 Å². The van der Waals surface area contributed by atoms with E-state index in [1.54, 1.807) is 12.4 Å². The zero-order valence-corrected chi connectivity index (χ0v) is 15.8. The van der Waals surface area contributed by atoms with E-state index in [2.05, 4.69) is 9.97 Å². The van der Waals surface area contributed by atoms with E-state index in [4.69, 9.17) is 4.84 Å². The number of carbonyl (C=O) groups excluding carboxylic acids is 1. The summed E-state index contributed by atoms with van der Waals surface area (Å²) in [6.07, 6.45) is 3.49. The summed E-state index contributed by atoms with van der Waals surface area (Å²) < 4.78 is 27.8. The van der Waals surface area contributed by atoms with Gasteiger partial charge in [0.1, 0.15) is 23.9 Å². The van der Waals surface area contributed by atoms with Gasteiger partial charge in [-0.25, -0.2) is 18.8 Å². The molecule has 150 valence electrons. The van der Waals surface area contributed by atoms with Crippen LogP contribution in [0.2, 0.25) is 0 Å². The van der Waals surface area contributed by atoms with Crippen molar-refractivity contribution < 1.29 is 18.4 Å². The van der Waals surface area contributed by atoms with Crippen LogP contribution in [0.15, 0.2) is 67.0 Å². The van der Waals surface area contributed by atoms with Gasteiger partial charge in [0.2, 0.25) is 0 Å². The van der Waals surface area contributed by atoms with Crippen LogP contribution in [0, 0.1) is 11.6 Å². The van der Waals surface area contributed by atoms with E-state index in [1.807, 2.05) is 36.4 Å². The molecule has 2 aromatic carbocycles. The summed E-state index contributed by atoms with van der Waals surface area (Å²) in [7, 11) is 0. The number of hydroxylamine groups is 2. The maximum atomic E-state index is 14.4. The van der Waals surface area contributed by atoms with Crippen molar-refractivity contribution in [2.75, 3.05) is 0 Å².